The maximum absolute atomic E-state index is 13.2. The van der Waals surface area contributed by atoms with Crippen LogP contribution in [0.5, 0.6) is 0 Å². The first-order chi connectivity index (χ1) is 17.8. The number of anilines is 1. The van der Waals surface area contributed by atoms with Crippen molar-refractivity contribution in [2.75, 3.05) is 31.1 Å². The molecule has 1 aliphatic heterocycles. The van der Waals surface area contributed by atoms with Gasteiger partial charge in [-0.25, -0.2) is 4.79 Å². The van der Waals surface area contributed by atoms with Crippen molar-refractivity contribution in [1.29, 1.82) is 0 Å². The van der Waals surface area contributed by atoms with E-state index in [4.69, 9.17) is 4.98 Å². The van der Waals surface area contributed by atoms with Crippen LogP contribution in [0.2, 0.25) is 0 Å². The molecule has 0 saturated carbocycles. The Balaban J connectivity index is 1.45. The first-order valence-corrected chi connectivity index (χ1v) is 12.8. The molecule has 190 valence electrons. The Labute approximate surface area is 222 Å². The van der Waals surface area contributed by atoms with Gasteiger partial charge in [0.15, 0.2) is 11.2 Å². The molecule has 5 rings (SSSR count). The van der Waals surface area contributed by atoms with Crippen molar-refractivity contribution in [3.63, 3.8) is 0 Å². The van der Waals surface area contributed by atoms with Crippen LogP contribution in [-0.2, 0) is 25.4 Å². The van der Waals surface area contributed by atoms with Crippen LogP contribution in [0.4, 0.5) is 5.95 Å². The van der Waals surface area contributed by atoms with Crippen molar-refractivity contribution >= 4 is 45.0 Å². The second kappa shape index (κ2) is 10.2. The van der Waals surface area contributed by atoms with Crippen LogP contribution in [0.3, 0.4) is 0 Å². The van der Waals surface area contributed by atoms with Gasteiger partial charge in [-0.2, -0.15) is 4.98 Å². The van der Waals surface area contributed by atoms with E-state index in [1.807, 2.05) is 70.1 Å². The zero-order chi connectivity index (χ0) is 26.1. The van der Waals surface area contributed by atoms with E-state index in [1.54, 1.807) is 13.1 Å². The van der Waals surface area contributed by atoms with Gasteiger partial charge in [-0.05, 0) is 29.3 Å². The lowest BCUT2D eigenvalue weighted by molar-refractivity contribution is -0.126. The molecule has 0 spiro atoms. The predicted octanol–water partition coefficient (Wildman–Crippen LogP) is 2.61. The van der Waals surface area contributed by atoms with Gasteiger partial charge in [0.2, 0.25) is 11.9 Å². The summed E-state index contributed by atoms with van der Waals surface area (Å²) in [6.07, 6.45) is 3.43. The fourth-order valence-electron chi connectivity index (χ4n) is 4.56. The fraction of sp³-hybridized carbons (Fsp3) is 0.259. The summed E-state index contributed by atoms with van der Waals surface area (Å²) in [4.78, 5) is 47.2. The summed E-state index contributed by atoms with van der Waals surface area (Å²) in [7, 11) is 3.11. The van der Waals surface area contributed by atoms with Gasteiger partial charge in [0.1, 0.15) is 0 Å². The molecule has 1 saturated heterocycles. The third kappa shape index (κ3) is 4.89. The number of hydrogen-bond acceptors (Lipinski definition) is 5. The van der Waals surface area contributed by atoms with E-state index >= 15 is 0 Å². The highest BCUT2D eigenvalue weighted by Gasteiger charge is 2.26. The standard InChI is InChI=1S/C27H27BrN6O3/c1-30-24-23(25(36)31(2)27(30)37)34(18-20-8-11-21(28)12-9-20)26(29-24)33-16-14-32(15-17-33)22(35)13-10-19-6-4-3-5-7-19/h3-13H,14-18H2,1-2H3/b13-10+. The first-order valence-electron chi connectivity index (χ1n) is 12.0. The SMILES string of the molecule is Cn1c(=O)c2c(nc(N3CCN(C(=O)/C=C/c4ccccc4)CC3)n2Cc2ccc(Br)cc2)n(C)c1=O. The number of carbonyl (C=O) groups is 1. The van der Waals surface area contributed by atoms with Gasteiger partial charge in [0, 0.05) is 50.8 Å². The lowest BCUT2D eigenvalue weighted by atomic mass is 10.2. The zero-order valence-electron chi connectivity index (χ0n) is 20.7. The molecule has 1 fully saturated rings. The number of aromatic nitrogens is 4. The molecule has 4 aromatic rings. The third-order valence-corrected chi connectivity index (χ3v) is 7.20. The van der Waals surface area contributed by atoms with Gasteiger partial charge in [-0.1, -0.05) is 58.4 Å². The number of carbonyl (C=O) groups excluding carboxylic acids is 1. The molecule has 0 aliphatic carbocycles. The minimum absolute atomic E-state index is 0.0388. The highest BCUT2D eigenvalue weighted by Crippen LogP contribution is 2.23. The Morgan fingerprint density at radius 3 is 2.30 bits per heavy atom. The first kappa shape index (κ1) is 24.8. The van der Waals surface area contributed by atoms with E-state index in [1.165, 1.54) is 11.6 Å². The lowest BCUT2D eigenvalue weighted by Crippen LogP contribution is -2.49. The Hall–Kier alpha value is -3.92. The highest BCUT2D eigenvalue weighted by molar-refractivity contribution is 9.10. The topological polar surface area (TPSA) is 85.4 Å². The summed E-state index contributed by atoms with van der Waals surface area (Å²) in [5.41, 5.74) is 1.91. The number of fused-ring (bicyclic) bond motifs is 1. The molecule has 9 nitrogen and oxygen atoms in total. The number of benzene rings is 2. The minimum atomic E-state index is -0.419. The van der Waals surface area contributed by atoms with Crippen LogP contribution in [0.15, 0.2) is 74.7 Å². The summed E-state index contributed by atoms with van der Waals surface area (Å²) in [6.45, 7) is 2.59. The largest absolute Gasteiger partial charge is 0.339 e. The average Bonchev–Trinajstić information content (AvgIpc) is 3.30. The molecule has 10 heteroatoms. The molecule has 0 unspecified atom stereocenters. The van der Waals surface area contributed by atoms with Gasteiger partial charge in [0.05, 0.1) is 6.54 Å². The third-order valence-electron chi connectivity index (χ3n) is 6.67. The smallest absolute Gasteiger partial charge is 0.332 e. The molecule has 2 aromatic heterocycles. The second-order valence-electron chi connectivity index (χ2n) is 9.06. The molecule has 37 heavy (non-hydrogen) atoms. The van der Waals surface area contributed by atoms with E-state index in [9.17, 15) is 14.4 Å². The van der Waals surface area contributed by atoms with E-state index in [0.29, 0.717) is 49.8 Å². The maximum Gasteiger partial charge on any atom is 0.332 e. The van der Waals surface area contributed by atoms with Gasteiger partial charge < -0.3 is 9.80 Å². The molecule has 3 heterocycles. The Morgan fingerprint density at radius 1 is 0.946 bits per heavy atom. The van der Waals surface area contributed by atoms with E-state index < -0.39 is 5.69 Å². The number of piperazine rings is 1. The van der Waals surface area contributed by atoms with Gasteiger partial charge in [-0.15, -0.1) is 0 Å². The summed E-state index contributed by atoms with van der Waals surface area (Å²) >= 11 is 3.46. The van der Waals surface area contributed by atoms with E-state index in [2.05, 4.69) is 20.8 Å². The molecular formula is C27H27BrN6O3. The number of rotatable bonds is 5. The van der Waals surface area contributed by atoms with E-state index in [-0.39, 0.29) is 11.5 Å². The molecular weight excluding hydrogens is 536 g/mol. The molecule has 0 radical (unpaired) electrons. The van der Waals surface area contributed by atoms with Gasteiger partial charge in [-0.3, -0.25) is 23.3 Å². The molecule has 1 amide bonds. The summed E-state index contributed by atoms with van der Waals surface area (Å²) < 4.78 is 5.37. The molecule has 0 N–H and O–H groups in total. The van der Waals surface area contributed by atoms with Crippen LogP contribution in [-0.4, -0.2) is 55.7 Å². The average molecular weight is 563 g/mol. The number of imidazole rings is 1. The van der Waals surface area contributed by atoms with E-state index in [0.717, 1.165) is 20.2 Å². The summed E-state index contributed by atoms with van der Waals surface area (Å²) in [5, 5.41) is 0. The summed E-state index contributed by atoms with van der Waals surface area (Å²) in [6, 6.07) is 17.6. The minimum Gasteiger partial charge on any atom is -0.339 e. The Bertz CT molecular complexity index is 1590. The van der Waals surface area contributed by atoms with Crippen LogP contribution < -0.4 is 16.1 Å². The van der Waals surface area contributed by atoms with Crippen molar-refractivity contribution in [2.24, 2.45) is 14.1 Å². The lowest BCUT2D eigenvalue weighted by Gasteiger charge is -2.35. The second-order valence-corrected chi connectivity index (χ2v) is 9.97. The predicted molar refractivity (Wildman–Crippen MR) is 148 cm³/mol. The molecule has 0 bridgehead atoms. The van der Waals surface area contributed by atoms with Crippen LogP contribution in [0.25, 0.3) is 17.2 Å². The monoisotopic (exact) mass is 562 g/mol. The van der Waals surface area contributed by atoms with Crippen molar-refractivity contribution in [3.8, 4) is 0 Å². The number of aryl methyl sites for hydroxylation is 1. The number of halogens is 1. The molecule has 1 aliphatic rings. The summed E-state index contributed by atoms with van der Waals surface area (Å²) in [5.74, 6) is 0.575. The number of nitrogens with zero attached hydrogens (tertiary/aromatic N) is 6. The molecule has 0 atom stereocenters. The van der Waals surface area contributed by atoms with Crippen molar-refractivity contribution in [3.05, 3.63) is 97.1 Å². The molecule has 2 aromatic carbocycles. The Morgan fingerprint density at radius 2 is 1.62 bits per heavy atom. The number of hydrogen-bond donors (Lipinski definition) is 0. The zero-order valence-corrected chi connectivity index (χ0v) is 22.3. The van der Waals surface area contributed by atoms with Gasteiger partial charge in [0.25, 0.3) is 5.56 Å². The normalized spacial score (nSPS) is 14.1. The van der Waals surface area contributed by atoms with Crippen molar-refractivity contribution < 1.29 is 4.79 Å². The van der Waals surface area contributed by atoms with Crippen LogP contribution in [0, 0.1) is 0 Å². The number of amides is 1. The highest BCUT2D eigenvalue weighted by atomic mass is 79.9. The van der Waals surface area contributed by atoms with Crippen LogP contribution >= 0.6 is 15.9 Å². The van der Waals surface area contributed by atoms with Gasteiger partial charge >= 0.3 is 5.69 Å². The maximum atomic E-state index is 13.2. The quantitative estimate of drug-likeness (QED) is 0.349. The Kier molecular flexibility index (Phi) is 6.84. The van der Waals surface area contributed by atoms with Crippen molar-refractivity contribution in [1.82, 2.24) is 23.6 Å². The van der Waals surface area contributed by atoms with Crippen molar-refractivity contribution in [2.45, 2.75) is 6.54 Å². The van der Waals surface area contributed by atoms with Crippen LogP contribution in [0.1, 0.15) is 11.1 Å². The fourth-order valence-corrected chi connectivity index (χ4v) is 4.83.